The molecule has 0 aromatic carbocycles. The summed E-state index contributed by atoms with van der Waals surface area (Å²) in [5, 5.41) is 0. The lowest BCUT2D eigenvalue weighted by Crippen LogP contribution is -2.66. The molecular weight excluding hydrogens is 236 g/mol. The number of hydrogen-bond acceptors (Lipinski definition) is 4. The number of piperazine rings is 1. The first-order valence-electron chi connectivity index (χ1n) is 8.14. The van der Waals surface area contributed by atoms with E-state index in [0.29, 0.717) is 6.04 Å². The molecule has 3 saturated heterocycles. The Kier molecular flexibility index (Phi) is 3.87. The Labute approximate surface area is 117 Å². The fourth-order valence-corrected chi connectivity index (χ4v) is 4.81. The Morgan fingerprint density at radius 2 is 2.05 bits per heavy atom. The zero-order chi connectivity index (χ0) is 13.5. The Balaban J connectivity index is 1.76. The molecule has 3 unspecified atom stereocenters. The van der Waals surface area contributed by atoms with E-state index in [2.05, 4.69) is 28.5 Å². The Morgan fingerprint density at radius 1 is 1.21 bits per heavy atom. The second-order valence-corrected chi connectivity index (χ2v) is 6.68. The highest BCUT2D eigenvalue weighted by molar-refractivity contribution is 5.10. The molecule has 0 aromatic heterocycles. The molecule has 0 amide bonds. The van der Waals surface area contributed by atoms with E-state index in [9.17, 15) is 0 Å². The van der Waals surface area contributed by atoms with Crippen molar-refractivity contribution in [1.82, 2.24) is 14.7 Å². The van der Waals surface area contributed by atoms with Crippen LogP contribution in [0.1, 0.15) is 33.1 Å². The van der Waals surface area contributed by atoms with Gasteiger partial charge in [0.1, 0.15) is 0 Å². The summed E-state index contributed by atoms with van der Waals surface area (Å²) in [6.45, 7) is 12.9. The highest BCUT2D eigenvalue weighted by Gasteiger charge is 2.52. The first-order valence-corrected chi connectivity index (χ1v) is 8.14. The minimum Gasteiger partial charge on any atom is -0.329 e. The highest BCUT2D eigenvalue weighted by atomic mass is 15.4. The van der Waals surface area contributed by atoms with E-state index in [1.807, 2.05) is 0 Å². The monoisotopic (exact) mass is 266 g/mol. The lowest BCUT2D eigenvalue weighted by atomic mass is 9.85. The number of likely N-dealkylation sites (N-methyl/N-ethyl adjacent to an activating group) is 1. The summed E-state index contributed by atoms with van der Waals surface area (Å²) in [6, 6.07) is 1.41. The standard InChI is InChI=1S/C15H30N4/c1-3-17-9-10-19(11-13(17)2)15(12-16)6-8-18-7-4-5-14(15)18/h13-14H,3-12,16H2,1-2H3. The first-order chi connectivity index (χ1) is 9.21. The smallest absolute Gasteiger partial charge is 0.0499 e. The molecule has 0 spiro atoms. The summed E-state index contributed by atoms with van der Waals surface area (Å²) in [7, 11) is 0. The van der Waals surface area contributed by atoms with E-state index in [1.54, 1.807) is 0 Å². The maximum absolute atomic E-state index is 6.29. The maximum atomic E-state index is 6.29. The van der Waals surface area contributed by atoms with Gasteiger partial charge in [-0.15, -0.1) is 0 Å². The van der Waals surface area contributed by atoms with Gasteiger partial charge >= 0.3 is 0 Å². The van der Waals surface area contributed by atoms with E-state index in [1.165, 1.54) is 58.5 Å². The van der Waals surface area contributed by atoms with Crippen LogP contribution in [0.3, 0.4) is 0 Å². The molecular formula is C15H30N4. The molecule has 4 nitrogen and oxygen atoms in total. The molecule has 3 fully saturated rings. The van der Waals surface area contributed by atoms with Crippen molar-refractivity contribution < 1.29 is 0 Å². The van der Waals surface area contributed by atoms with E-state index >= 15 is 0 Å². The van der Waals surface area contributed by atoms with Gasteiger partial charge in [-0.3, -0.25) is 14.7 Å². The Hall–Kier alpha value is -0.160. The van der Waals surface area contributed by atoms with Crippen LogP contribution in [0.15, 0.2) is 0 Å². The third-order valence-corrected chi connectivity index (χ3v) is 5.97. The van der Waals surface area contributed by atoms with E-state index in [0.717, 1.165) is 12.6 Å². The van der Waals surface area contributed by atoms with Crippen LogP contribution in [-0.2, 0) is 0 Å². The second kappa shape index (κ2) is 5.32. The van der Waals surface area contributed by atoms with Crippen LogP contribution in [0.4, 0.5) is 0 Å². The lowest BCUT2D eigenvalue weighted by Gasteiger charge is -2.50. The molecule has 0 aromatic rings. The molecule has 0 saturated carbocycles. The van der Waals surface area contributed by atoms with Gasteiger partial charge in [-0.2, -0.15) is 0 Å². The quantitative estimate of drug-likeness (QED) is 0.810. The fraction of sp³-hybridized carbons (Fsp3) is 1.00. The molecule has 19 heavy (non-hydrogen) atoms. The molecule has 3 aliphatic heterocycles. The van der Waals surface area contributed by atoms with Crippen LogP contribution in [0, 0.1) is 0 Å². The fourth-order valence-electron chi connectivity index (χ4n) is 4.81. The summed E-state index contributed by atoms with van der Waals surface area (Å²) in [5.74, 6) is 0. The minimum absolute atomic E-state index is 0.282. The van der Waals surface area contributed by atoms with Crippen molar-refractivity contribution in [2.75, 3.05) is 45.8 Å². The molecule has 2 N–H and O–H groups in total. The maximum Gasteiger partial charge on any atom is 0.0499 e. The van der Waals surface area contributed by atoms with E-state index < -0.39 is 0 Å². The van der Waals surface area contributed by atoms with Crippen LogP contribution in [-0.4, -0.2) is 78.1 Å². The van der Waals surface area contributed by atoms with Crippen LogP contribution >= 0.6 is 0 Å². The van der Waals surface area contributed by atoms with Gasteiger partial charge < -0.3 is 5.73 Å². The molecule has 3 atom stereocenters. The highest BCUT2D eigenvalue weighted by Crippen LogP contribution is 2.40. The van der Waals surface area contributed by atoms with Gasteiger partial charge in [-0.1, -0.05) is 6.92 Å². The normalized spacial score (nSPS) is 41.8. The molecule has 110 valence electrons. The van der Waals surface area contributed by atoms with E-state index in [4.69, 9.17) is 5.73 Å². The van der Waals surface area contributed by atoms with Crippen LogP contribution < -0.4 is 5.73 Å². The minimum atomic E-state index is 0.282. The number of hydrogen-bond donors (Lipinski definition) is 1. The molecule has 4 heteroatoms. The van der Waals surface area contributed by atoms with Crippen molar-refractivity contribution in [3.8, 4) is 0 Å². The lowest BCUT2D eigenvalue weighted by molar-refractivity contribution is -0.00328. The largest absolute Gasteiger partial charge is 0.329 e. The van der Waals surface area contributed by atoms with Gasteiger partial charge in [-0.05, 0) is 39.3 Å². The Bertz CT molecular complexity index is 321. The third-order valence-electron chi connectivity index (χ3n) is 5.97. The molecule has 3 heterocycles. The van der Waals surface area contributed by atoms with Crippen LogP contribution in [0.25, 0.3) is 0 Å². The summed E-state index contributed by atoms with van der Waals surface area (Å²) in [6.07, 6.45) is 4.02. The van der Waals surface area contributed by atoms with Gasteiger partial charge in [0, 0.05) is 50.3 Å². The van der Waals surface area contributed by atoms with Crippen LogP contribution in [0.5, 0.6) is 0 Å². The molecule has 3 aliphatic rings. The van der Waals surface area contributed by atoms with Crippen molar-refractivity contribution in [3.63, 3.8) is 0 Å². The summed E-state index contributed by atoms with van der Waals surface area (Å²) in [5.41, 5.74) is 6.57. The number of nitrogens with two attached hydrogens (primary N) is 1. The first kappa shape index (κ1) is 13.8. The number of fused-ring (bicyclic) bond motifs is 1. The van der Waals surface area contributed by atoms with Crippen molar-refractivity contribution in [3.05, 3.63) is 0 Å². The molecule has 3 rings (SSSR count). The predicted molar refractivity (Wildman–Crippen MR) is 79.3 cm³/mol. The predicted octanol–water partition coefficient (Wildman–Crippen LogP) is 0.578. The van der Waals surface area contributed by atoms with Gasteiger partial charge in [-0.25, -0.2) is 0 Å². The van der Waals surface area contributed by atoms with Gasteiger partial charge in [0.05, 0.1) is 0 Å². The zero-order valence-corrected chi connectivity index (χ0v) is 12.6. The second-order valence-electron chi connectivity index (χ2n) is 6.68. The number of rotatable bonds is 3. The molecule has 0 radical (unpaired) electrons. The van der Waals surface area contributed by atoms with Crippen LogP contribution in [0.2, 0.25) is 0 Å². The molecule has 0 aliphatic carbocycles. The third kappa shape index (κ3) is 2.13. The van der Waals surface area contributed by atoms with Gasteiger partial charge in [0.15, 0.2) is 0 Å². The topological polar surface area (TPSA) is 35.7 Å². The van der Waals surface area contributed by atoms with E-state index in [-0.39, 0.29) is 5.54 Å². The Morgan fingerprint density at radius 3 is 2.74 bits per heavy atom. The van der Waals surface area contributed by atoms with Crippen molar-refractivity contribution in [1.29, 1.82) is 0 Å². The average molecular weight is 266 g/mol. The van der Waals surface area contributed by atoms with Gasteiger partial charge in [0.25, 0.3) is 0 Å². The van der Waals surface area contributed by atoms with Gasteiger partial charge in [0.2, 0.25) is 0 Å². The summed E-state index contributed by atoms with van der Waals surface area (Å²) in [4.78, 5) is 8.05. The molecule has 0 bridgehead atoms. The van der Waals surface area contributed by atoms with Crippen molar-refractivity contribution in [2.24, 2.45) is 5.73 Å². The SMILES string of the molecule is CCN1CCN(C2(CN)CCN3CCCC32)CC1C. The number of nitrogens with zero attached hydrogens (tertiary/aromatic N) is 3. The zero-order valence-electron chi connectivity index (χ0n) is 12.6. The summed E-state index contributed by atoms with van der Waals surface area (Å²) < 4.78 is 0. The summed E-state index contributed by atoms with van der Waals surface area (Å²) >= 11 is 0. The average Bonchev–Trinajstić information content (AvgIpc) is 3.00. The van der Waals surface area contributed by atoms with Crippen molar-refractivity contribution in [2.45, 2.75) is 50.7 Å². The van der Waals surface area contributed by atoms with Crippen molar-refractivity contribution >= 4 is 0 Å².